The molecule has 0 fully saturated rings. The summed E-state index contributed by atoms with van der Waals surface area (Å²) in [6, 6.07) is 5.73. The molecule has 0 radical (unpaired) electrons. The van der Waals surface area contributed by atoms with Crippen LogP contribution in [0, 0.1) is 12.8 Å². The van der Waals surface area contributed by atoms with Crippen LogP contribution < -0.4 is 5.32 Å². The average molecular weight is 343 g/mol. The van der Waals surface area contributed by atoms with Crippen molar-refractivity contribution in [3.63, 3.8) is 0 Å². The molecule has 1 rings (SSSR count). The third-order valence-electron chi connectivity index (χ3n) is 2.87. The number of urea groups is 1. The largest absolute Gasteiger partial charge is 0.383 e. The molecule has 1 N–H and O–H groups in total. The first kappa shape index (κ1) is 17.0. The summed E-state index contributed by atoms with van der Waals surface area (Å²) in [7, 11) is 1.64. The van der Waals surface area contributed by atoms with Crippen LogP contribution in [0.4, 0.5) is 10.5 Å². The van der Waals surface area contributed by atoms with Gasteiger partial charge >= 0.3 is 6.03 Å². The minimum Gasteiger partial charge on any atom is -0.383 e. The van der Waals surface area contributed by atoms with Crippen molar-refractivity contribution < 1.29 is 9.53 Å². The molecule has 4 nitrogen and oxygen atoms in total. The Morgan fingerprint density at radius 2 is 2.15 bits per heavy atom. The number of nitrogens with one attached hydrogen (secondary N) is 1. The predicted octanol–water partition coefficient (Wildman–Crippen LogP) is 3.89. The second-order valence-electron chi connectivity index (χ2n) is 5.22. The number of anilines is 1. The van der Waals surface area contributed by atoms with Gasteiger partial charge < -0.3 is 15.0 Å². The molecule has 0 heterocycles. The van der Waals surface area contributed by atoms with Crippen molar-refractivity contribution in [3.05, 3.63) is 28.2 Å². The predicted molar refractivity (Wildman–Crippen MR) is 86.2 cm³/mol. The van der Waals surface area contributed by atoms with Crippen molar-refractivity contribution in [3.8, 4) is 0 Å². The number of methoxy groups -OCH3 is 1. The number of carbonyl (C=O) groups excluding carboxylic acids is 1. The molecular formula is C15H23BrN2O2. The first-order valence-corrected chi connectivity index (χ1v) is 7.54. The number of hydrogen-bond acceptors (Lipinski definition) is 2. The first-order chi connectivity index (χ1) is 9.43. The van der Waals surface area contributed by atoms with Crippen LogP contribution in [0.5, 0.6) is 0 Å². The highest BCUT2D eigenvalue weighted by atomic mass is 79.9. The van der Waals surface area contributed by atoms with E-state index in [2.05, 4.69) is 35.1 Å². The van der Waals surface area contributed by atoms with Crippen LogP contribution in [-0.4, -0.2) is 37.7 Å². The normalized spacial score (nSPS) is 10.7. The van der Waals surface area contributed by atoms with E-state index in [4.69, 9.17) is 4.74 Å². The molecule has 0 aliphatic heterocycles. The SMILES string of the molecule is COCCN(CC(C)C)C(=O)Nc1ccc(Br)cc1C. The summed E-state index contributed by atoms with van der Waals surface area (Å²) in [5.41, 5.74) is 1.87. The monoisotopic (exact) mass is 342 g/mol. The standard InChI is InChI=1S/C15H23BrN2O2/c1-11(2)10-18(7-8-20-4)15(19)17-14-6-5-13(16)9-12(14)3/h5-6,9,11H,7-8,10H2,1-4H3,(H,17,19). The second kappa shape index (κ2) is 8.27. The number of rotatable bonds is 6. The van der Waals surface area contributed by atoms with E-state index in [0.717, 1.165) is 15.7 Å². The summed E-state index contributed by atoms with van der Waals surface area (Å²) < 4.78 is 6.07. The van der Waals surface area contributed by atoms with Crippen molar-refractivity contribution in [2.45, 2.75) is 20.8 Å². The van der Waals surface area contributed by atoms with Gasteiger partial charge in [0.25, 0.3) is 0 Å². The number of benzene rings is 1. The Kier molecular flexibility index (Phi) is 7.02. The van der Waals surface area contributed by atoms with E-state index in [-0.39, 0.29) is 6.03 Å². The number of nitrogens with zero attached hydrogens (tertiary/aromatic N) is 1. The van der Waals surface area contributed by atoms with Gasteiger partial charge in [0.2, 0.25) is 0 Å². The lowest BCUT2D eigenvalue weighted by molar-refractivity contribution is 0.150. The summed E-state index contributed by atoms with van der Waals surface area (Å²) in [5, 5.41) is 2.96. The molecule has 0 unspecified atom stereocenters. The van der Waals surface area contributed by atoms with Crippen LogP contribution in [0.2, 0.25) is 0 Å². The molecule has 1 aromatic carbocycles. The van der Waals surface area contributed by atoms with E-state index in [1.165, 1.54) is 0 Å². The zero-order chi connectivity index (χ0) is 15.1. The minimum atomic E-state index is -0.0822. The molecule has 0 aliphatic carbocycles. The van der Waals surface area contributed by atoms with Crippen molar-refractivity contribution in [2.75, 3.05) is 32.1 Å². The summed E-state index contributed by atoms with van der Waals surface area (Å²) >= 11 is 3.42. The van der Waals surface area contributed by atoms with E-state index in [1.807, 2.05) is 25.1 Å². The lowest BCUT2D eigenvalue weighted by Gasteiger charge is -2.25. The van der Waals surface area contributed by atoms with Gasteiger partial charge in [0.05, 0.1) is 6.61 Å². The summed E-state index contributed by atoms with van der Waals surface area (Å²) in [5.74, 6) is 0.420. The van der Waals surface area contributed by atoms with Gasteiger partial charge in [-0.3, -0.25) is 0 Å². The molecule has 0 bridgehead atoms. The van der Waals surface area contributed by atoms with Gasteiger partial charge in [-0.1, -0.05) is 29.8 Å². The Hall–Kier alpha value is -1.07. The summed E-state index contributed by atoms with van der Waals surface area (Å²) in [6.07, 6.45) is 0. The lowest BCUT2D eigenvalue weighted by atomic mass is 10.2. The molecule has 0 saturated heterocycles. The maximum atomic E-state index is 12.3. The minimum absolute atomic E-state index is 0.0822. The van der Waals surface area contributed by atoms with Crippen LogP contribution >= 0.6 is 15.9 Å². The average Bonchev–Trinajstić information content (AvgIpc) is 2.37. The number of amides is 2. The first-order valence-electron chi connectivity index (χ1n) is 6.75. The molecule has 20 heavy (non-hydrogen) atoms. The van der Waals surface area contributed by atoms with E-state index in [9.17, 15) is 4.79 Å². The fourth-order valence-corrected chi connectivity index (χ4v) is 2.36. The number of halogens is 1. The third-order valence-corrected chi connectivity index (χ3v) is 3.36. The molecular weight excluding hydrogens is 320 g/mol. The molecule has 0 aliphatic rings. The highest BCUT2D eigenvalue weighted by molar-refractivity contribution is 9.10. The van der Waals surface area contributed by atoms with Gasteiger partial charge in [0, 0.05) is 30.4 Å². The van der Waals surface area contributed by atoms with E-state index in [1.54, 1.807) is 12.0 Å². The Morgan fingerprint density at radius 3 is 2.70 bits per heavy atom. The highest BCUT2D eigenvalue weighted by Gasteiger charge is 2.15. The molecule has 0 spiro atoms. The zero-order valence-corrected chi connectivity index (χ0v) is 14.2. The van der Waals surface area contributed by atoms with Crippen LogP contribution in [0.3, 0.4) is 0 Å². The molecule has 0 atom stereocenters. The molecule has 1 aromatic rings. The van der Waals surface area contributed by atoms with Crippen molar-refractivity contribution in [1.82, 2.24) is 4.90 Å². The Morgan fingerprint density at radius 1 is 1.45 bits per heavy atom. The zero-order valence-electron chi connectivity index (χ0n) is 12.6. The third kappa shape index (κ3) is 5.51. The molecule has 2 amide bonds. The van der Waals surface area contributed by atoms with Crippen LogP contribution in [0.25, 0.3) is 0 Å². The maximum Gasteiger partial charge on any atom is 0.321 e. The summed E-state index contributed by atoms with van der Waals surface area (Å²) in [4.78, 5) is 14.1. The maximum absolute atomic E-state index is 12.3. The smallest absolute Gasteiger partial charge is 0.321 e. The van der Waals surface area contributed by atoms with E-state index >= 15 is 0 Å². The summed E-state index contributed by atoms with van der Waals surface area (Å²) in [6.45, 7) is 8.01. The van der Waals surface area contributed by atoms with E-state index in [0.29, 0.717) is 25.6 Å². The van der Waals surface area contributed by atoms with Gasteiger partial charge in [-0.15, -0.1) is 0 Å². The Balaban J connectivity index is 2.73. The Bertz CT molecular complexity index is 449. The fourth-order valence-electron chi connectivity index (χ4n) is 1.88. The van der Waals surface area contributed by atoms with Crippen molar-refractivity contribution in [1.29, 1.82) is 0 Å². The molecule has 0 aromatic heterocycles. The van der Waals surface area contributed by atoms with Gasteiger partial charge in [-0.25, -0.2) is 4.79 Å². The van der Waals surface area contributed by atoms with Crippen molar-refractivity contribution in [2.24, 2.45) is 5.92 Å². The van der Waals surface area contributed by atoms with Gasteiger partial charge in [0.1, 0.15) is 0 Å². The topological polar surface area (TPSA) is 41.6 Å². The van der Waals surface area contributed by atoms with Gasteiger partial charge in [-0.2, -0.15) is 0 Å². The van der Waals surface area contributed by atoms with Crippen LogP contribution in [0.1, 0.15) is 19.4 Å². The van der Waals surface area contributed by atoms with Crippen LogP contribution in [-0.2, 0) is 4.74 Å². The second-order valence-corrected chi connectivity index (χ2v) is 6.14. The molecule has 5 heteroatoms. The number of aryl methyl sites for hydroxylation is 1. The van der Waals surface area contributed by atoms with Crippen LogP contribution in [0.15, 0.2) is 22.7 Å². The van der Waals surface area contributed by atoms with Gasteiger partial charge in [-0.05, 0) is 36.6 Å². The molecule has 0 saturated carbocycles. The molecule has 112 valence electrons. The van der Waals surface area contributed by atoms with Crippen molar-refractivity contribution >= 4 is 27.6 Å². The fraction of sp³-hybridized carbons (Fsp3) is 0.533. The quantitative estimate of drug-likeness (QED) is 0.851. The van der Waals surface area contributed by atoms with E-state index < -0.39 is 0 Å². The number of ether oxygens (including phenoxy) is 1. The lowest BCUT2D eigenvalue weighted by Crippen LogP contribution is -2.39. The highest BCUT2D eigenvalue weighted by Crippen LogP contribution is 2.20. The Labute approximate surface area is 129 Å². The number of carbonyl (C=O) groups is 1. The van der Waals surface area contributed by atoms with Gasteiger partial charge in [0.15, 0.2) is 0 Å². The number of hydrogen-bond donors (Lipinski definition) is 1.